The van der Waals surface area contributed by atoms with E-state index < -0.39 is 0 Å². The maximum atomic E-state index is 9.69. The van der Waals surface area contributed by atoms with Crippen molar-refractivity contribution in [2.24, 2.45) is 0 Å². The lowest BCUT2D eigenvalue weighted by molar-refractivity contribution is 0.173. The summed E-state index contributed by atoms with van der Waals surface area (Å²) in [7, 11) is 0. The van der Waals surface area contributed by atoms with Crippen LogP contribution < -0.4 is 4.74 Å². The highest BCUT2D eigenvalue weighted by Crippen LogP contribution is 2.19. The molecule has 0 fully saturated rings. The number of aliphatic hydroxyl groups is 1. The van der Waals surface area contributed by atoms with E-state index in [4.69, 9.17) is 4.74 Å². The fourth-order valence-corrected chi connectivity index (χ4v) is 1.88. The molecule has 2 aromatic rings. The molecule has 0 saturated heterocycles. The molecule has 1 heterocycles. The van der Waals surface area contributed by atoms with Gasteiger partial charge < -0.3 is 14.4 Å². The van der Waals surface area contributed by atoms with Crippen LogP contribution in [-0.2, 0) is 6.54 Å². The standard InChI is InChI=1S/C15H20N2O2/c1-2-15(18)13-4-6-14(7-5-13)19-11-3-9-17-10-8-16-12-17/h4-8,10,12,15,18H,2-3,9,11H2,1H3/t15-/m0/s1. The molecule has 0 unspecified atom stereocenters. The van der Waals surface area contributed by atoms with Gasteiger partial charge in [0.05, 0.1) is 19.0 Å². The summed E-state index contributed by atoms with van der Waals surface area (Å²) in [6.45, 7) is 3.55. The van der Waals surface area contributed by atoms with Crippen LogP contribution in [0.15, 0.2) is 43.0 Å². The maximum absolute atomic E-state index is 9.69. The smallest absolute Gasteiger partial charge is 0.119 e. The first-order valence-electron chi connectivity index (χ1n) is 6.66. The van der Waals surface area contributed by atoms with Crippen molar-refractivity contribution in [1.29, 1.82) is 0 Å². The van der Waals surface area contributed by atoms with Crippen molar-refractivity contribution in [2.75, 3.05) is 6.61 Å². The first-order valence-corrected chi connectivity index (χ1v) is 6.66. The summed E-state index contributed by atoms with van der Waals surface area (Å²) in [5.74, 6) is 0.845. The minimum absolute atomic E-state index is 0.379. The van der Waals surface area contributed by atoms with Gasteiger partial charge in [0, 0.05) is 18.9 Å². The highest BCUT2D eigenvalue weighted by Gasteiger charge is 2.04. The number of rotatable bonds is 7. The van der Waals surface area contributed by atoms with Gasteiger partial charge in [0.15, 0.2) is 0 Å². The van der Waals surface area contributed by atoms with E-state index in [1.807, 2.05) is 42.0 Å². The number of imidazole rings is 1. The van der Waals surface area contributed by atoms with Crippen molar-refractivity contribution in [3.63, 3.8) is 0 Å². The molecule has 102 valence electrons. The maximum Gasteiger partial charge on any atom is 0.119 e. The van der Waals surface area contributed by atoms with Gasteiger partial charge in [-0.3, -0.25) is 0 Å². The lowest BCUT2D eigenvalue weighted by Crippen LogP contribution is -2.03. The zero-order valence-corrected chi connectivity index (χ0v) is 11.2. The van der Waals surface area contributed by atoms with Crippen LogP contribution in [0.4, 0.5) is 0 Å². The van der Waals surface area contributed by atoms with E-state index in [0.717, 1.165) is 30.7 Å². The van der Waals surface area contributed by atoms with Crippen LogP contribution in [0.3, 0.4) is 0 Å². The summed E-state index contributed by atoms with van der Waals surface area (Å²) < 4.78 is 7.69. The largest absolute Gasteiger partial charge is 0.494 e. The molecule has 1 atom stereocenters. The summed E-state index contributed by atoms with van der Waals surface area (Å²) >= 11 is 0. The third-order valence-corrected chi connectivity index (χ3v) is 3.04. The summed E-state index contributed by atoms with van der Waals surface area (Å²) in [5, 5.41) is 9.69. The summed E-state index contributed by atoms with van der Waals surface area (Å²) in [5.41, 5.74) is 0.938. The number of aromatic nitrogens is 2. The molecule has 4 heteroatoms. The lowest BCUT2D eigenvalue weighted by atomic mass is 10.1. The molecule has 0 radical (unpaired) electrons. The second-order valence-electron chi connectivity index (χ2n) is 4.50. The van der Waals surface area contributed by atoms with Crippen LogP contribution in [0.5, 0.6) is 5.75 Å². The van der Waals surface area contributed by atoms with Gasteiger partial charge >= 0.3 is 0 Å². The third kappa shape index (κ3) is 4.10. The number of benzene rings is 1. The van der Waals surface area contributed by atoms with E-state index in [2.05, 4.69) is 4.98 Å². The Labute approximate surface area is 113 Å². The second-order valence-corrected chi connectivity index (χ2v) is 4.50. The predicted octanol–water partition coefficient (Wildman–Crippen LogP) is 2.80. The SMILES string of the molecule is CC[C@H](O)c1ccc(OCCCn2ccnc2)cc1. The zero-order chi connectivity index (χ0) is 13.5. The van der Waals surface area contributed by atoms with E-state index in [0.29, 0.717) is 6.61 Å². The molecule has 0 aliphatic heterocycles. The van der Waals surface area contributed by atoms with Crippen LogP contribution in [0.1, 0.15) is 31.4 Å². The Morgan fingerprint density at radius 1 is 1.32 bits per heavy atom. The number of aryl methyl sites for hydroxylation is 1. The van der Waals surface area contributed by atoms with Gasteiger partial charge in [-0.2, -0.15) is 0 Å². The first kappa shape index (κ1) is 13.6. The van der Waals surface area contributed by atoms with E-state index in [-0.39, 0.29) is 6.10 Å². The minimum atomic E-state index is -0.379. The number of nitrogens with zero attached hydrogens (tertiary/aromatic N) is 2. The predicted molar refractivity (Wildman–Crippen MR) is 74.0 cm³/mol. The molecule has 0 spiro atoms. The Morgan fingerprint density at radius 2 is 2.11 bits per heavy atom. The Kier molecular flexibility index (Phi) is 4.98. The van der Waals surface area contributed by atoms with Crippen LogP contribution in [0.2, 0.25) is 0 Å². The lowest BCUT2D eigenvalue weighted by Gasteiger charge is -2.10. The van der Waals surface area contributed by atoms with Crippen LogP contribution in [0.25, 0.3) is 0 Å². The second kappa shape index (κ2) is 6.95. The van der Waals surface area contributed by atoms with Crippen LogP contribution in [0, 0.1) is 0 Å². The van der Waals surface area contributed by atoms with Gasteiger partial charge in [0.2, 0.25) is 0 Å². The molecular weight excluding hydrogens is 240 g/mol. The van der Waals surface area contributed by atoms with Crippen molar-refractivity contribution in [3.05, 3.63) is 48.5 Å². The molecule has 1 aromatic carbocycles. The Balaban J connectivity index is 1.74. The molecule has 4 nitrogen and oxygen atoms in total. The average molecular weight is 260 g/mol. The van der Waals surface area contributed by atoms with Gasteiger partial charge in [-0.1, -0.05) is 19.1 Å². The molecule has 1 aromatic heterocycles. The Hall–Kier alpha value is -1.81. The highest BCUT2D eigenvalue weighted by molar-refractivity contribution is 5.28. The number of hydrogen-bond acceptors (Lipinski definition) is 3. The molecule has 0 amide bonds. The quantitative estimate of drug-likeness (QED) is 0.779. The van der Waals surface area contributed by atoms with Crippen LogP contribution in [-0.4, -0.2) is 21.3 Å². The van der Waals surface area contributed by atoms with Crippen molar-refractivity contribution in [1.82, 2.24) is 9.55 Å². The summed E-state index contributed by atoms with van der Waals surface area (Å²) in [6, 6.07) is 7.65. The van der Waals surface area contributed by atoms with E-state index in [1.54, 1.807) is 12.5 Å². The number of aliphatic hydroxyl groups excluding tert-OH is 1. The number of hydrogen-bond donors (Lipinski definition) is 1. The first-order chi connectivity index (χ1) is 9.29. The summed E-state index contributed by atoms with van der Waals surface area (Å²) in [6.07, 6.45) is 6.82. The monoisotopic (exact) mass is 260 g/mol. The van der Waals surface area contributed by atoms with Crippen LogP contribution >= 0.6 is 0 Å². The summed E-state index contributed by atoms with van der Waals surface area (Å²) in [4.78, 5) is 3.99. The normalized spacial score (nSPS) is 12.3. The topological polar surface area (TPSA) is 47.3 Å². The fourth-order valence-electron chi connectivity index (χ4n) is 1.88. The molecule has 1 N–H and O–H groups in total. The van der Waals surface area contributed by atoms with Gasteiger partial charge in [0.25, 0.3) is 0 Å². The highest BCUT2D eigenvalue weighted by atomic mass is 16.5. The molecule has 19 heavy (non-hydrogen) atoms. The zero-order valence-electron chi connectivity index (χ0n) is 11.2. The molecular formula is C15H20N2O2. The molecule has 2 rings (SSSR count). The van der Waals surface area contributed by atoms with Crippen molar-refractivity contribution < 1.29 is 9.84 Å². The van der Waals surface area contributed by atoms with Crippen molar-refractivity contribution in [3.8, 4) is 5.75 Å². The van der Waals surface area contributed by atoms with Gasteiger partial charge in [-0.05, 0) is 30.5 Å². The average Bonchev–Trinajstić information content (AvgIpc) is 2.96. The van der Waals surface area contributed by atoms with Gasteiger partial charge in [-0.15, -0.1) is 0 Å². The van der Waals surface area contributed by atoms with E-state index >= 15 is 0 Å². The fraction of sp³-hybridized carbons (Fsp3) is 0.400. The third-order valence-electron chi connectivity index (χ3n) is 3.04. The van der Waals surface area contributed by atoms with E-state index in [1.165, 1.54) is 0 Å². The Bertz CT molecular complexity index is 465. The van der Waals surface area contributed by atoms with Crippen molar-refractivity contribution in [2.45, 2.75) is 32.4 Å². The minimum Gasteiger partial charge on any atom is -0.494 e. The molecule has 0 aliphatic carbocycles. The van der Waals surface area contributed by atoms with Gasteiger partial charge in [-0.25, -0.2) is 4.98 Å². The van der Waals surface area contributed by atoms with Crippen molar-refractivity contribution >= 4 is 0 Å². The molecule has 0 saturated carbocycles. The molecule has 0 bridgehead atoms. The Morgan fingerprint density at radius 3 is 2.74 bits per heavy atom. The van der Waals surface area contributed by atoms with Gasteiger partial charge in [0.1, 0.15) is 5.75 Å². The number of ether oxygens (including phenoxy) is 1. The molecule has 0 aliphatic rings. The van der Waals surface area contributed by atoms with E-state index in [9.17, 15) is 5.11 Å².